The fraction of sp³-hybridized carbons (Fsp3) is 0.222. The zero-order valence-corrected chi connectivity index (χ0v) is 19.1. The van der Waals surface area contributed by atoms with Gasteiger partial charge in [-0.25, -0.2) is 4.68 Å². The molecule has 1 amide bonds. The molecule has 0 aliphatic heterocycles. The number of amides is 1. The molecular formula is C27H29N5O. The van der Waals surface area contributed by atoms with Gasteiger partial charge in [-0.15, -0.1) is 0 Å². The second-order valence-electron chi connectivity index (χ2n) is 7.87. The van der Waals surface area contributed by atoms with E-state index in [1.54, 1.807) is 23.3 Å². The number of rotatable bonds is 9. The lowest BCUT2D eigenvalue weighted by atomic mass is 10.1. The quantitative estimate of drug-likeness (QED) is 0.410. The van der Waals surface area contributed by atoms with Gasteiger partial charge in [0.05, 0.1) is 11.3 Å². The first-order valence-electron chi connectivity index (χ1n) is 11.3. The van der Waals surface area contributed by atoms with Crippen LogP contribution in [0.25, 0.3) is 16.9 Å². The maximum atomic E-state index is 13.2. The molecule has 33 heavy (non-hydrogen) atoms. The van der Waals surface area contributed by atoms with Gasteiger partial charge in [0.1, 0.15) is 5.69 Å². The summed E-state index contributed by atoms with van der Waals surface area (Å²) in [5, 5.41) is 7.74. The summed E-state index contributed by atoms with van der Waals surface area (Å²) >= 11 is 0. The first kappa shape index (κ1) is 22.4. The first-order valence-corrected chi connectivity index (χ1v) is 11.3. The van der Waals surface area contributed by atoms with E-state index in [0.717, 1.165) is 36.4 Å². The van der Waals surface area contributed by atoms with Crippen molar-refractivity contribution < 1.29 is 4.79 Å². The summed E-state index contributed by atoms with van der Waals surface area (Å²) < 4.78 is 1.74. The number of benzene rings is 2. The van der Waals surface area contributed by atoms with Gasteiger partial charge in [0.2, 0.25) is 0 Å². The number of carbonyl (C=O) groups is 1. The molecule has 1 N–H and O–H groups in total. The van der Waals surface area contributed by atoms with Crippen LogP contribution in [0, 0.1) is 0 Å². The van der Waals surface area contributed by atoms with Gasteiger partial charge in [-0.2, -0.15) is 5.10 Å². The van der Waals surface area contributed by atoms with E-state index in [0.29, 0.717) is 17.8 Å². The van der Waals surface area contributed by atoms with E-state index in [1.165, 1.54) is 5.56 Å². The van der Waals surface area contributed by atoms with E-state index in [4.69, 9.17) is 5.10 Å². The van der Waals surface area contributed by atoms with Gasteiger partial charge in [-0.3, -0.25) is 14.7 Å². The molecule has 2 aromatic carbocycles. The van der Waals surface area contributed by atoms with Crippen LogP contribution in [0.3, 0.4) is 0 Å². The monoisotopic (exact) mass is 439 g/mol. The maximum Gasteiger partial charge on any atom is 0.255 e. The first-order chi connectivity index (χ1) is 16.2. The van der Waals surface area contributed by atoms with E-state index in [-0.39, 0.29) is 5.91 Å². The van der Waals surface area contributed by atoms with Gasteiger partial charge in [0.25, 0.3) is 5.91 Å². The van der Waals surface area contributed by atoms with Gasteiger partial charge in [0, 0.05) is 37.2 Å². The Morgan fingerprint density at radius 3 is 2.33 bits per heavy atom. The number of nitrogens with one attached hydrogen (secondary N) is 1. The van der Waals surface area contributed by atoms with Crippen LogP contribution in [0.2, 0.25) is 0 Å². The van der Waals surface area contributed by atoms with Crippen LogP contribution < -0.4 is 5.32 Å². The molecule has 0 radical (unpaired) electrons. The molecule has 4 rings (SSSR count). The molecule has 0 saturated carbocycles. The van der Waals surface area contributed by atoms with E-state index in [1.807, 2.05) is 42.5 Å². The van der Waals surface area contributed by atoms with E-state index >= 15 is 0 Å². The lowest BCUT2D eigenvalue weighted by molar-refractivity contribution is 0.0951. The number of para-hydroxylation sites is 1. The molecule has 0 fully saturated rings. The molecule has 4 aromatic rings. The second-order valence-corrected chi connectivity index (χ2v) is 7.87. The van der Waals surface area contributed by atoms with Crippen molar-refractivity contribution in [2.45, 2.75) is 26.9 Å². The summed E-state index contributed by atoms with van der Waals surface area (Å²) in [6, 6.07) is 22.0. The molecule has 0 bridgehead atoms. The minimum absolute atomic E-state index is 0.164. The van der Waals surface area contributed by atoms with Gasteiger partial charge in [-0.05, 0) is 48.5 Å². The molecule has 0 atom stereocenters. The van der Waals surface area contributed by atoms with Crippen molar-refractivity contribution in [3.63, 3.8) is 0 Å². The smallest absolute Gasteiger partial charge is 0.255 e. The molecule has 2 aromatic heterocycles. The Hall–Kier alpha value is -3.77. The highest BCUT2D eigenvalue weighted by atomic mass is 16.1. The van der Waals surface area contributed by atoms with Crippen molar-refractivity contribution in [2.75, 3.05) is 13.1 Å². The Balaban J connectivity index is 1.51. The highest BCUT2D eigenvalue weighted by Crippen LogP contribution is 2.23. The predicted octanol–water partition coefficient (Wildman–Crippen LogP) is 4.71. The van der Waals surface area contributed by atoms with Gasteiger partial charge in [-0.1, -0.05) is 56.3 Å². The lowest BCUT2D eigenvalue weighted by Crippen LogP contribution is -2.23. The zero-order chi connectivity index (χ0) is 23.0. The highest BCUT2D eigenvalue weighted by Gasteiger charge is 2.18. The Morgan fingerprint density at radius 1 is 0.939 bits per heavy atom. The Morgan fingerprint density at radius 2 is 1.67 bits per heavy atom. The van der Waals surface area contributed by atoms with Crippen LogP contribution in [-0.4, -0.2) is 38.7 Å². The fourth-order valence-electron chi connectivity index (χ4n) is 3.71. The second kappa shape index (κ2) is 10.7. The molecule has 0 unspecified atom stereocenters. The summed E-state index contributed by atoms with van der Waals surface area (Å²) in [4.78, 5) is 19.7. The summed E-state index contributed by atoms with van der Waals surface area (Å²) in [6.45, 7) is 7.80. The predicted molar refractivity (Wildman–Crippen MR) is 131 cm³/mol. The van der Waals surface area contributed by atoms with Crippen molar-refractivity contribution in [3.8, 4) is 16.9 Å². The van der Waals surface area contributed by atoms with Crippen LogP contribution in [0.1, 0.15) is 35.3 Å². The molecule has 6 heteroatoms. The van der Waals surface area contributed by atoms with E-state index in [2.05, 4.69) is 53.3 Å². The lowest BCUT2D eigenvalue weighted by Gasteiger charge is -2.18. The number of hydrogen-bond acceptors (Lipinski definition) is 4. The third-order valence-electron chi connectivity index (χ3n) is 5.69. The molecule has 168 valence electrons. The van der Waals surface area contributed by atoms with Crippen LogP contribution in [0.4, 0.5) is 0 Å². The van der Waals surface area contributed by atoms with Crippen molar-refractivity contribution in [3.05, 3.63) is 102 Å². The van der Waals surface area contributed by atoms with E-state index in [9.17, 15) is 4.79 Å². The third kappa shape index (κ3) is 5.54. The molecule has 0 aliphatic carbocycles. The average Bonchev–Trinajstić information content (AvgIpc) is 3.33. The topological polar surface area (TPSA) is 63.1 Å². The summed E-state index contributed by atoms with van der Waals surface area (Å²) in [5.74, 6) is -0.164. The minimum Gasteiger partial charge on any atom is -0.348 e. The third-order valence-corrected chi connectivity index (χ3v) is 5.69. The van der Waals surface area contributed by atoms with Crippen molar-refractivity contribution in [1.29, 1.82) is 0 Å². The summed E-state index contributed by atoms with van der Waals surface area (Å²) in [6.07, 6.45) is 5.21. The normalized spacial score (nSPS) is 11.0. The molecule has 2 heterocycles. The van der Waals surface area contributed by atoms with Crippen LogP contribution in [-0.2, 0) is 13.1 Å². The molecular weight excluding hydrogens is 410 g/mol. The number of carbonyl (C=O) groups excluding carboxylic acids is 1. The van der Waals surface area contributed by atoms with Crippen molar-refractivity contribution in [1.82, 2.24) is 25.0 Å². The summed E-state index contributed by atoms with van der Waals surface area (Å²) in [5.41, 5.74) is 5.16. The fourth-order valence-corrected chi connectivity index (χ4v) is 3.71. The number of pyridine rings is 1. The standard InChI is InChI=1S/C27H29N5O/c1-3-31(4-2)19-22-14-12-21(13-15-22)17-29-27(33)25-20-32(24-10-6-5-7-11-24)30-26(25)23-9-8-16-28-18-23/h5-16,18,20H,3-4,17,19H2,1-2H3,(H,29,33). The SMILES string of the molecule is CCN(CC)Cc1ccc(CNC(=O)c2cn(-c3ccccc3)nc2-c2cccnc2)cc1. The summed E-state index contributed by atoms with van der Waals surface area (Å²) in [7, 11) is 0. The number of hydrogen-bond donors (Lipinski definition) is 1. The Kier molecular flexibility index (Phi) is 7.27. The van der Waals surface area contributed by atoms with Gasteiger partial charge in [0.15, 0.2) is 0 Å². The zero-order valence-electron chi connectivity index (χ0n) is 19.1. The van der Waals surface area contributed by atoms with Crippen LogP contribution in [0.15, 0.2) is 85.3 Å². The number of aromatic nitrogens is 3. The van der Waals surface area contributed by atoms with E-state index < -0.39 is 0 Å². The van der Waals surface area contributed by atoms with Crippen LogP contribution in [0.5, 0.6) is 0 Å². The molecule has 0 spiro atoms. The number of nitrogens with zero attached hydrogens (tertiary/aromatic N) is 4. The molecule has 0 aliphatic rings. The van der Waals surface area contributed by atoms with Crippen LogP contribution >= 0.6 is 0 Å². The Labute approximate surface area is 194 Å². The van der Waals surface area contributed by atoms with Gasteiger partial charge >= 0.3 is 0 Å². The average molecular weight is 440 g/mol. The largest absolute Gasteiger partial charge is 0.348 e. The maximum absolute atomic E-state index is 13.2. The molecule has 0 saturated heterocycles. The molecule has 6 nitrogen and oxygen atoms in total. The Bertz CT molecular complexity index is 1170. The van der Waals surface area contributed by atoms with Gasteiger partial charge < -0.3 is 5.32 Å². The van der Waals surface area contributed by atoms with Crippen molar-refractivity contribution >= 4 is 5.91 Å². The van der Waals surface area contributed by atoms with Crippen molar-refractivity contribution in [2.24, 2.45) is 0 Å². The minimum atomic E-state index is -0.164. The highest BCUT2D eigenvalue weighted by molar-refractivity contribution is 5.99.